The van der Waals surface area contributed by atoms with Crippen molar-refractivity contribution in [3.63, 3.8) is 0 Å². The summed E-state index contributed by atoms with van der Waals surface area (Å²) in [4.78, 5) is 20.6. The predicted molar refractivity (Wildman–Crippen MR) is 89.3 cm³/mol. The SMILES string of the molecule is CCOC(=O)c1cn(-c2ccc(F)cc2)c(-c2ccc(OC)nc2)n1. The van der Waals surface area contributed by atoms with Crippen LogP contribution in [0.4, 0.5) is 4.39 Å². The second kappa shape index (κ2) is 7.12. The molecular formula is C18H16FN3O3. The van der Waals surface area contributed by atoms with Crippen LogP contribution < -0.4 is 4.74 Å². The van der Waals surface area contributed by atoms with Crippen LogP contribution >= 0.6 is 0 Å². The lowest BCUT2D eigenvalue weighted by atomic mass is 10.2. The van der Waals surface area contributed by atoms with Crippen molar-refractivity contribution < 1.29 is 18.7 Å². The molecule has 0 atom stereocenters. The zero-order valence-corrected chi connectivity index (χ0v) is 13.8. The number of esters is 1. The molecule has 0 spiro atoms. The number of halogens is 1. The largest absolute Gasteiger partial charge is 0.481 e. The van der Waals surface area contributed by atoms with Crippen molar-refractivity contribution in [2.24, 2.45) is 0 Å². The molecule has 0 amide bonds. The first kappa shape index (κ1) is 16.6. The van der Waals surface area contributed by atoms with E-state index in [9.17, 15) is 9.18 Å². The second-order valence-corrected chi connectivity index (χ2v) is 5.11. The summed E-state index contributed by atoms with van der Waals surface area (Å²) >= 11 is 0. The quantitative estimate of drug-likeness (QED) is 0.667. The number of nitrogens with zero attached hydrogens (tertiary/aromatic N) is 3. The van der Waals surface area contributed by atoms with E-state index in [0.29, 0.717) is 23.0 Å². The zero-order chi connectivity index (χ0) is 17.8. The highest BCUT2D eigenvalue weighted by Gasteiger charge is 2.18. The van der Waals surface area contributed by atoms with Gasteiger partial charge in [-0.25, -0.2) is 19.2 Å². The first-order valence-electron chi connectivity index (χ1n) is 7.65. The molecule has 7 heteroatoms. The molecule has 0 saturated carbocycles. The van der Waals surface area contributed by atoms with Gasteiger partial charge < -0.3 is 9.47 Å². The fourth-order valence-corrected chi connectivity index (χ4v) is 2.32. The minimum Gasteiger partial charge on any atom is -0.481 e. The lowest BCUT2D eigenvalue weighted by Crippen LogP contribution is -2.04. The van der Waals surface area contributed by atoms with Gasteiger partial charge in [-0.05, 0) is 37.3 Å². The maximum Gasteiger partial charge on any atom is 0.358 e. The smallest absolute Gasteiger partial charge is 0.358 e. The van der Waals surface area contributed by atoms with E-state index >= 15 is 0 Å². The molecule has 0 N–H and O–H groups in total. The summed E-state index contributed by atoms with van der Waals surface area (Å²) in [5, 5.41) is 0. The van der Waals surface area contributed by atoms with Crippen LogP contribution in [0.3, 0.4) is 0 Å². The minimum absolute atomic E-state index is 0.164. The Labute approximate surface area is 143 Å². The van der Waals surface area contributed by atoms with Gasteiger partial charge in [-0.15, -0.1) is 0 Å². The molecule has 0 aliphatic heterocycles. The summed E-state index contributed by atoms with van der Waals surface area (Å²) < 4.78 is 25.0. The van der Waals surface area contributed by atoms with Crippen LogP contribution in [0.1, 0.15) is 17.4 Å². The van der Waals surface area contributed by atoms with E-state index in [1.165, 1.54) is 19.2 Å². The third-order valence-electron chi connectivity index (χ3n) is 3.50. The molecule has 2 aromatic heterocycles. The maximum absolute atomic E-state index is 13.2. The van der Waals surface area contributed by atoms with Gasteiger partial charge in [-0.2, -0.15) is 0 Å². The molecule has 0 aliphatic carbocycles. The Bertz CT molecular complexity index is 874. The number of imidazole rings is 1. The van der Waals surface area contributed by atoms with Crippen molar-refractivity contribution in [1.82, 2.24) is 14.5 Å². The van der Waals surface area contributed by atoms with Crippen LogP contribution in [0.25, 0.3) is 17.1 Å². The first-order chi connectivity index (χ1) is 12.1. The molecular weight excluding hydrogens is 325 g/mol. The van der Waals surface area contributed by atoms with Gasteiger partial charge >= 0.3 is 5.97 Å². The number of methoxy groups -OCH3 is 1. The molecule has 3 aromatic rings. The highest BCUT2D eigenvalue weighted by Crippen LogP contribution is 2.24. The molecule has 1 aromatic carbocycles. The van der Waals surface area contributed by atoms with Gasteiger partial charge in [0.25, 0.3) is 0 Å². The van der Waals surface area contributed by atoms with Crippen LogP contribution in [0, 0.1) is 5.82 Å². The van der Waals surface area contributed by atoms with Crippen LogP contribution in [-0.4, -0.2) is 34.2 Å². The molecule has 0 fully saturated rings. The van der Waals surface area contributed by atoms with E-state index in [0.717, 1.165) is 0 Å². The summed E-state index contributed by atoms with van der Waals surface area (Å²) in [6.07, 6.45) is 3.15. The molecule has 2 heterocycles. The fraction of sp³-hybridized carbons (Fsp3) is 0.167. The van der Waals surface area contributed by atoms with Gasteiger partial charge in [0.15, 0.2) is 5.69 Å². The van der Waals surface area contributed by atoms with Crippen molar-refractivity contribution in [2.75, 3.05) is 13.7 Å². The number of hydrogen-bond acceptors (Lipinski definition) is 5. The van der Waals surface area contributed by atoms with Crippen LogP contribution in [0.15, 0.2) is 48.8 Å². The van der Waals surface area contributed by atoms with Gasteiger partial charge in [0.2, 0.25) is 5.88 Å². The molecule has 0 aliphatic rings. The Morgan fingerprint density at radius 1 is 1.20 bits per heavy atom. The van der Waals surface area contributed by atoms with Gasteiger partial charge in [0, 0.05) is 29.7 Å². The topological polar surface area (TPSA) is 66.2 Å². The number of ether oxygens (including phenoxy) is 2. The first-order valence-corrected chi connectivity index (χ1v) is 7.65. The molecule has 0 radical (unpaired) electrons. The Hall–Kier alpha value is -3.22. The van der Waals surface area contributed by atoms with Crippen molar-refractivity contribution in [2.45, 2.75) is 6.92 Å². The average Bonchev–Trinajstić information content (AvgIpc) is 3.08. The maximum atomic E-state index is 13.2. The third kappa shape index (κ3) is 3.50. The number of rotatable bonds is 5. The van der Waals surface area contributed by atoms with E-state index in [4.69, 9.17) is 9.47 Å². The second-order valence-electron chi connectivity index (χ2n) is 5.11. The lowest BCUT2D eigenvalue weighted by Gasteiger charge is -2.08. The minimum atomic E-state index is -0.522. The van der Waals surface area contributed by atoms with Gasteiger partial charge in [-0.3, -0.25) is 4.57 Å². The molecule has 6 nitrogen and oxygen atoms in total. The van der Waals surface area contributed by atoms with Crippen molar-refractivity contribution in [1.29, 1.82) is 0 Å². The molecule has 0 unspecified atom stereocenters. The van der Waals surface area contributed by atoms with Crippen molar-refractivity contribution >= 4 is 5.97 Å². The summed E-state index contributed by atoms with van der Waals surface area (Å²) in [6.45, 7) is 1.98. The summed E-state index contributed by atoms with van der Waals surface area (Å²) in [5.41, 5.74) is 1.51. The highest BCUT2D eigenvalue weighted by molar-refractivity contribution is 5.88. The normalized spacial score (nSPS) is 10.5. The number of aromatic nitrogens is 3. The third-order valence-corrected chi connectivity index (χ3v) is 3.50. The number of carbonyl (C=O) groups excluding carboxylic acids is 1. The van der Waals surface area contributed by atoms with Gasteiger partial charge in [0.1, 0.15) is 11.6 Å². The Morgan fingerprint density at radius 3 is 2.56 bits per heavy atom. The summed E-state index contributed by atoms with van der Waals surface area (Å²) in [6, 6.07) is 9.37. The van der Waals surface area contributed by atoms with Crippen LogP contribution in [0.2, 0.25) is 0 Å². The van der Waals surface area contributed by atoms with E-state index in [1.54, 1.807) is 48.1 Å². The number of carbonyl (C=O) groups is 1. The molecule has 25 heavy (non-hydrogen) atoms. The summed E-state index contributed by atoms with van der Waals surface area (Å²) in [5.74, 6) is 0.0901. The number of benzene rings is 1. The van der Waals surface area contributed by atoms with Crippen molar-refractivity contribution in [3.8, 4) is 23.0 Å². The van der Waals surface area contributed by atoms with E-state index in [-0.39, 0.29) is 18.1 Å². The van der Waals surface area contributed by atoms with Crippen LogP contribution in [-0.2, 0) is 4.74 Å². The van der Waals surface area contributed by atoms with Gasteiger partial charge in [-0.1, -0.05) is 0 Å². The van der Waals surface area contributed by atoms with Gasteiger partial charge in [0.05, 0.1) is 13.7 Å². The molecule has 3 rings (SSSR count). The summed E-state index contributed by atoms with van der Waals surface area (Å²) in [7, 11) is 1.53. The fourth-order valence-electron chi connectivity index (χ4n) is 2.32. The predicted octanol–water partition coefficient (Wildman–Crippen LogP) is 3.26. The Kier molecular flexibility index (Phi) is 4.74. The molecule has 0 saturated heterocycles. The standard InChI is InChI=1S/C18H16FN3O3/c1-3-25-18(23)15-11-22(14-7-5-13(19)6-8-14)17(21-15)12-4-9-16(24-2)20-10-12/h4-11H,3H2,1-2H3. The zero-order valence-electron chi connectivity index (χ0n) is 13.8. The highest BCUT2D eigenvalue weighted by atomic mass is 19.1. The van der Waals surface area contributed by atoms with E-state index in [1.807, 2.05) is 0 Å². The Morgan fingerprint density at radius 2 is 1.96 bits per heavy atom. The van der Waals surface area contributed by atoms with E-state index in [2.05, 4.69) is 9.97 Å². The Balaban J connectivity index is 2.10. The van der Waals surface area contributed by atoms with Crippen LogP contribution in [0.5, 0.6) is 5.88 Å². The van der Waals surface area contributed by atoms with E-state index < -0.39 is 5.97 Å². The lowest BCUT2D eigenvalue weighted by molar-refractivity contribution is 0.0520. The molecule has 128 valence electrons. The number of pyridine rings is 1. The molecule has 0 bridgehead atoms. The van der Waals surface area contributed by atoms with Crippen molar-refractivity contribution in [3.05, 3.63) is 60.3 Å². The average molecular weight is 341 g/mol. The monoisotopic (exact) mass is 341 g/mol. The number of hydrogen-bond donors (Lipinski definition) is 0.